The topological polar surface area (TPSA) is 32.3 Å². The lowest BCUT2D eigenvalue weighted by molar-refractivity contribution is -0.115. The molecule has 74 valence electrons. The maximum atomic E-state index is 11.4. The number of amides is 1. The number of hydrogen-bond acceptors (Lipinski definition) is 2. The number of para-hydroxylation sites is 2. The molecule has 0 saturated carbocycles. The summed E-state index contributed by atoms with van der Waals surface area (Å²) in [6.07, 6.45) is 1.06. The molecular formula is C11H14N2O. The Labute approximate surface area is 83.7 Å². The molecule has 0 spiro atoms. The molecule has 3 nitrogen and oxygen atoms in total. The zero-order valence-corrected chi connectivity index (χ0v) is 8.29. The van der Waals surface area contributed by atoms with Crippen LogP contribution in [-0.4, -0.2) is 19.0 Å². The fraction of sp³-hybridized carbons (Fsp3) is 0.364. The van der Waals surface area contributed by atoms with E-state index in [4.69, 9.17) is 0 Å². The van der Waals surface area contributed by atoms with Gasteiger partial charge in [-0.05, 0) is 18.6 Å². The van der Waals surface area contributed by atoms with E-state index >= 15 is 0 Å². The van der Waals surface area contributed by atoms with Crippen molar-refractivity contribution in [3.63, 3.8) is 0 Å². The predicted octanol–water partition coefficient (Wildman–Crippen LogP) is 1.86. The molecule has 1 aromatic rings. The van der Waals surface area contributed by atoms with Crippen molar-refractivity contribution in [2.24, 2.45) is 0 Å². The second-order valence-corrected chi connectivity index (χ2v) is 3.49. The fourth-order valence-electron chi connectivity index (χ4n) is 1.77. The summed E-state index contributed by atoms with van der Waals surface area (Å²) in [4.78, 5) is 13.5. The Balaban J connectivity index is 2.33. The quantitative estimate of drug-likeness (QED) is 0.772. The lowest BCUT2D eigenvalue weighted by Gasteiger charge is -2.30. The van der Waals surface area contributed by atoms with Gasteiger partial charge in [-0.15, -0.1) is 0 Å². The maximum absolute atomic E-state index is 11.4. The molecule has 1 aliphatic rings. The predicted molar refractivity (Wildman–Crippen MR) is 57.6 cm³/mol. The highest BCUT2D eigenvalue weighted by molar-refractivity contribution is 6.01. The highest BCUT2D eigenvalue weighted by Crippen LogP contribution is 2.28. The van der Waals surface area contributed by atoms with E-state index < -0.39 is 0 Å². The fourth-order valence-corrected chi connectivity index (χ4v) is 1.77. The largest absolute Gasteiger partial charge is 0.361 e. The summed E-state index contributed by atoms with van der Waals surface area (Å²) < 4.78 is 0. The zero-order valence-electron chi connectivity index (χ0n) is 8.29. The summed E-state index contributed by atoms with van der Waals surface area (Å²) in [5, 5.41) is 2.87. The number of anilines is 2. The SMILES string of the molecule is CCCN1CC(=O)Nc2ccccc21. The van der Waals surface area contributed by atoms with E-state index in [0.717, 1.165) is 24.3 Å². The van der Waals surface area contributed by atoms with Crippen molar-refractivity contribution >= 4 is 17.3 Å². The third kappa shape index (κ3) is 1.58. The summed E-state index contributed by atoms with van der Waals surface area (Å²) >= 11 is 0. The summed E-state index contributed by atoms with van der Waals surface area (Å²) in [6.45, 7) is 3.53. The number of rotatable bonds is 2. The average molecular weight is 190 g/mol. The van der Waals surface area contributed by atoms with Crippen LogP contribution in [0.15, 0.2) is 24.3 Å². The molecule has 0 atom stereocenters. The molecule has 1 aromatic carbocycles. The molecule has 1 N–H and O–H groups in total. The Kier molecular flexibility index (Phi) is 2.39. The minimum Gasteiger partial charge on any atom is -0.361 e. The van der Waals surface area contributed by atoms with E-state index in [2.05, 4.69) is 17.1 Å². The molecule has 0 saturated heterocycles. The van der Waals surface area contributed by atoms with Gasteiger partial charge in [-0.3, -0.25) is 4.79 Å². The molecular weight excluding hydrogens is 176 g/mol. The Bertz CT molecular complexity index is 349. The first-order valence-corrected chi connectivity index (χ1v) is 4.95. The van der Waals surface area contributed by atoms with Gasteiger partial charge >= 0.3 is 0 Å². The first-order valence-electron chi connectivity index (χ1n) is 4.95. The first-order chi connectivity index (χ1) is 6.81. The minimum atomic E-state index is 0.0807. The molecule has 0 radical (unpaired) electrons. The summed E-state index contributed by atoms with van der Waals surface area (Å²) in [5.74, 6) is 0.0807. The van der Waals surface area contributed by atoms with Crippen LogP contribution < -0.4 is 10.2 Å². The Morgan fingerprint density at radius 2 is 2.21 bits per heavy atom. The van der Waals surface area contributed by atoms with E-state index in [-0.39, 0.29) is 5.91 Å². The molecule has 0 unspecified atom stereocenters. The molecule has 0 aromatic heterocycles. The van der Waals surface area contributed by atoms with E-state index in [1.165, 1.54) is 0 Å². The van der Waals surface area contributed by atoms with Gasteiger partial charge in [0.15, 0.2) is 0 Å². The molecule has 1 heterocycles. The first kappa shape index (κ1) is 9.06. The smallest absolute Gasteiger partial charge is 0.243 e. The summed E-state index contributed by atoms with van der Waals surface area (Å²) in [5.41, 5.74) is 2.06. The van der Waals surface area contributed by atoms with Crippen molar-refractivity contribution in [2.75, 3.05) is 23.3 Å². The van der Waals surface area contributed by atoms with Crippen LogP contribution in [0.4, 0.5) is 11.4 Å². The third-order valence-corrected chi connectivity index (χ3v) is 2.35. The van der Waals surface area contributed by atoms with Gasteiger partial charge in [0.05, 0.1) is 17.9 Å². The number of carbonyl (C=O) groups excluding carboxylic acids is 1. The van der Waals surface area contributed by atoms with E-state index in [1.807, 2.05) is 24.3 Å². The van der Waals surface area contributed by atoms with E-state index in [9.17, 15) is 4.79 Å². The van der Waals surface area contributed by atoms with Gasteiger partial charge in [0.1, 0.15) is 0 Å². The number of nitrogens with zero attached hydrogens (tertiary/aromatic N) is 1. The van der Waals surface area contributed by atoms with Gasteiger partial charge in [0, 0.05) is 6.54 Å². The highest BCUT2D eigenvalue weighted by atomic mass is 16.2. The van der Waals surface area contributed by atoms with Gasteiger partial charge in [-0.2, -0.15) is 0 Å². The van der Waals surface area contributed by atoms with E-state index in [0.29, 0.717) is 6.54 Å². The van der Waals surface area contributed by atoms with Crippen LogP contribution in [0.2, 0.25) is 0 Å². The van der Waals surface area contributed by atoms with Crippen LogP contribution in [0, 0.1) is 0 Å². The molecule has 3 heteroatoms. The molecule has 14 heavy (non-hydrogen) atoms. The normalized spacial score (nSPS) is 14.9. The van der Waals surface area contributed by atoms with Crippen molar-refractivity contribution in [1.82, 2.24) is 0 Å². The van der Waals surface area contributed by atoms with Gasteiger partial charge in [0.2, 0.25) is 5.91 Å². The summed E-state index contributed by atoms with van der Waals surface area (Å²) in [7, 11) is 0. The average Bonchev–Trinajstić information content (AvgIpc) is 2.18. The van der Waals surface area contributed by atoms with Crippen LogP contribution in [0.5, 0.6) is 0 Å². The van der Waals surface area contributed by atoms with Crippen molar-refractivity contribution in [3.05, 3.63) is 24.3 Å². The van der Waals surface area contributed by atoms with Crippen LogP contribution in [0.25, 0.3) is 0 Å². The van der Waals surface area contributed by atoms with Crippen molar-refractivity contribution < 1.29 is 4.79 Å². The monoisotopic (exact) mass is 190 g/mol. The lowest BCUT2D eigenvalue weighted by atomic mass is 10.2. The third-order valence-electron chi connectivity index (χ3n) is 2.35. The standard InChI is InChI=1S/C11H14N2O/c1-2-7-13-8-11(14)12-9-5-3-4-6-10(9)13/h3-6H,2,7-8H2,1H3,(H,12,14). The van der Waals surface area contributed by atoms with Crippen molar-refractivity contribution in [3.8, 4) is 0 Å². The molecule has 0 bridgehead atoms. The van der Waals surface area contributed by atoms with Gasteiger partial charge in [-0.25, -0.2) is 0 Å². The second kappa shape index (κ2) is 3.70. The van der Waals surface area contributed by atoms with E-state index in [1.54, 1.807) is 0 Å². The van der Waals surface area contributed by atoms with Crippen LogP contribution in [0.1, 0.15) is 13.3 Å². The number of benzene rings is 1. The lowest BCUT2D eigenvalue weighted by Crippen LogP contribution is -2.38. The maximum Gasteiger partial charge on any atom is 0.243 e. The van der Waals surface area contributed by atoms with Crippen molar-refractivity contribution in [1.29, 1.82) is 0 Å². The van der Waals surface area contributed by atoms with Gasteiger partial charge < -0.3 is 10.2 Å². The minimum absolute atomic E-state index is 0.0807. The number of carbonyl (C=O) groups is 1. The molecule has 0 aliphatic carbocycles. The summed E-state index contributed by atoms with van der Waals surface area (Å²) in [6, 6.07) is 7.92. The molecule has 1 amide bonds. The number of nitrogens with one attached hydrogen (secondary N) is 1. The Hall–Kier alpha value is -1.51. The van der Waals surface area contributed by atoms with Gasteiger partial charge in [-0.1, -0.05) is 19.1 Å². The second-order valence-electron chi connectivity index (χ2n) is 3.49. The number of hydrogen-bond donors (Lipinski definition) is 1. The zero-order chi connectivity index (χ0) is 9.97. The van der Waals surface area contributed by atoms with Crippen LogP contribution in [0.3, 0.4) is 0 Å². The molecule has 1 aliphatic heterocycles. The van der Waals surface area contributed by atoms with Crippen LogP contribution in [-0.2, 0) is 4.79 Å². The number of fused-ring (bicyclic) bond motifs is 1. The van der Waals surface area contributed by atoms with Crippen molar-refractivity contribution in [2.45, 2.75) is 13.3 Å². The Morgan fingerprint density at radius 3 is 3.00 bits per heavy atom. The molecule has 2 rings (SSSR count). The van der Waals surface area contributed by atoms with Crippen LogP contribution >= 0.6 is 0 Å². The Morgan fingerprint density at radius 1 is 1.43 bits per heavy atom. The molecule has 0 fully saturated rings. The highest BCUT2D eigenvalue weighted by Gasteiger charge is 2.19. The van der Waals surface area contributed by atoms with Gasteiger partial charge in [0.25, 0.3) is 0 Å².